The first-order valence-corrected chi connectivity index (χ1v) is 6.26. The number of nitrogens with zero attached hydrogens (tertiary/aromatic N) is 2. The number of benzene rings is 1. The summed E-state index contributed by atoms with van der Waals surface area (Å²) in [5.41, 5.74) is 2.17. The van der Waals surface area contributed by atoms with Gasteiger partial charge in [0.1, 0.15) is 11.6 Å². The Morgan fingerprint density at radius 2 is 1.90 bits per heavy atom. The molecule has 0 atom stereocenters. The minimum Gasteiger partial charge on any atom is -0.480 e. The van der Waals surface area contributed by atoms with Crippen LogP contribution in [-0.2, 0) is 4.74 Å². The maximum absolute atomic E-state index is 12.1. The number of esters is 1. The van der Waals surface area contributed by atoms with Crippen LogP contribution in [0.2, 0.25) is 0 Å². The quantitative estimate of drug-likeness (QED) is 0.809. The summed E-state index contributed by atoms with van der Waals surface area (Å²) in [5.74, 6) is -0.334. The second-order valence-corrected chi connectivity index (χ2v) is 4.30. The first-order chi connectivity index (χ1) is 10.1. The number of hydrogen-bond acceptors (Lipinski definition) is 5. The lowest BCUT2D eigenvalue weighted by atomic mass is 9.94. The van der Waals surface area contributed by atoms with Gasteiger partial charge in [0.15, 0.2) is 0 Å². The summed E-state index contributed by atoms with van der Waals surface area (Å²) in [5, 5.41) is 9.44. The van der Waals surface area contributed by atoms with E-state index in [9.17, 15) is 10.1 Å². The molecule has 0 fully saturated rings. The van der Waals surface area contributed by atoms with Crippen LogP contribution in [0.1, 0.15) is 21.6 Å². The van der Waals surface area contributed by atoms with Crippen LogP contribution in [0.3, 0.4) is 0 Å². The zero-order valence-electron chi connectivity index (χ0n) is 12.0. The predicted molar refractivity (Wildman–Crippen MR) is 77.0 cm³/mol. The highest BCUT2D eigenvalue weighted by molar-refractivity contribution is 6.00. The second kappa shape index (κ2) is 6.06. The highest BCUT2D eigenvalue weighted by Gasteiger charge is 2.24. The summed E-state index contributed by atoms with van der Waals surface area (Å²) < 4.78 is 9.98. The Labute approximate surface area is 122 Å². The third-order valence-corrected chi connectivity index (χ3v) is 3.10. The lowest BCUT2D eigenvalue weighted by Gasteiger charge is -2.14. The van der Waals surface area contributed by atoms with Crippen molar-refractivity contribution in [2.24, 2.45) is 0 Å². The Bertz CT molecular complexity index is 719. The van der Waals surface area contributed by atoms with Crippen molar-refractivity contribution in [2.75, 3.05) is 14.2 Å². The fourth-order valence-corrected chi connectivity index (χ4v) is 2.17. The summed E-state index contributed by atoms with van der Waals surface area (Å²) in [7, 11) is 2.74. The van der Waals surface area contributed by atoms with Gasteiger partial charge in [-0.15, -0.1) is 0 Å². The van der Waals surface area contributed by atoms with Gasteiger partial charge >= 0.3 is 5.97 Å². The van der Waals surface area contributed by atoms with Crippen LogP contribution >= 0.6 is 0 Å². The van der Waals surface area contributed by atoms with Gasteiger partial charge in [-0.25, -0.2) is 9.78 Å². The van der Waals surface area contributed by atoms with E-state index in [1.165, 1.54) is 14.2 Å². The number of aryl methyl sites for hydroxylation is 1. The van der Waals surface area contributed by atoms with E-state index in [1.54, 1.807) is 6.92 Å². The molecule has 0 aliphatic rings. The van der Waals surface area contributed by atoms with Crippen LogP contribution in [0.5, 0.6) is 5.88 Å². The molecule has 0 aliphatic carbocycles. The normalized spacial score (nSPS) is 9.81. The average Bonchev–Trinajstić information content (AvgIpc) is 2.53. The second-order valence-electron chi connectivity index (χ2n) is 4.30. The molecule has 0 saturated carbocycles. The van der Waals surface area contributed by atoms with Crippen LogP contribution in [0.15, 0.2) is 30.3 Å². The number of methoxy groups -OCH3 is 2. The van der Waals surface area contributed by atoms with Crippen molar-refractivity contribution in [3.8, 4) is 23.1 Å². The Morgan fingerprint density at radius 1 is 1.24 bits per heavy atom. The minimum absolute atomic E-state index is 0.196. The zero-order valence-corrected chi connectivity index (χ0v) is 12.0. The van der Waals surface area contributed by atoms with E-state index >= 15 is 0 Å². The fourth-order valence-electron chi connectivity index (χ4n) is 2.17. The van der Waals surface area contributed by atoms with Gasteiger partial charge in [-0.2, -0.15) is 5.26 Å². The van der Waals surface area contributed by atoms with E-state index in [-0.39, 0.29) is 17.0 Å². The summed E-state index contributed by atoms with van der Waals surface area (Å²) >= 11 is 0. The SMILES string of the molecule is COC(=O)c1c(C)nc(OC)c(C#N)c1-c1ccccc1. The van der Waals surface area contributed by atoms with Crippen LogP contribution < -0.4 is 4.74 Å². The highest BCUT2D eigenvalue weighted by atomic mass is 16.5. The number of aromatic nitrogens is 1. The summed E-state index contributed by atoms with van der Waals surface area (Å²) in [6.07, 6.45) is 0. The lowest BCUT2D eigenvalue weighted by molar-refractivity contribution is 0.0600. The molecule has 2 aromatic rings. The average molecular weight is 282 g/mol. The number of carbonyl (C=O) groups excluding carboxylic acids is 1. The van der Waals surface area contributed by atoms with E-state index in [2.05, 4.69) is 11.1 Å². The molecule has 0 aliphatic heterocycles. The van der Waals surface area contributed by atoms with Gasteiger partial charge in [0.2, 0.25) is 5.88 Å². The Kier molecular flexibility index (Phi) is 4.19. The molecular weight excluding hydrogens is 268 g/mol. The van der Waals surface area contributed by atoms with Crippen LogP contribution in [0.25, 0.3) is 11.1 Å². The van der Waals surface area contributed by atoms with Gasteiger partial charge in [0, 0.05) is 5.56 Å². The molecule has 5 heteroatoms. The van der Waals surface area contributed by atoms with E-state index in [4.69, 9.17) is 9.47 Å². The Morgan fingerprint density at radius 3 is 2.43 bits per heavy atom. The third kappa shape index (κ3) is 2.56. The Balaban J connectivity index is 2.89. The first kappa shape index (κ1) is 14.5. The predicted octanol–water partition coefficient (Wildman–Crippen LogP) is 2.72. The molecule has 0 saturated heterocycles. The van der Waals surface area contributed by atoms with Gasteiger partial charge < -0.3 is 9.47 Å². The molecule has 0 bridgehead atoms. The molecule has 0 radical (unpaired) electrons. The highest BCUT2D eigenvalue weighted by Crippen LogP contribution is 2.34. The lowest BCUT2D eigenvalue weighted by Crippen LogP contribution is -2.11. The topological polar surface area (TPSA) is 72.2 Å². The van der Waals surface area contributed by atoms with Gasteiger partial charge in [-0.1, -0.05) is 30.3 Å². The van der Waals surface area contributed by atoms with E-state index in [0.717, 1.165) is 5.56 Å². The maximum atomic E-state index is 12.1. The number of nitriles is 1. The molecule has 1 aromatic heterocycles. The van der Waals surface area contributed by atoms with Crippen LogP contribution in [-0.4, -0.2) is 25.2 Å². The molecule has 0 N–H and O–H groups in total. The molecule has 2 rings (SSSR count). The third-order valence-electron chi connectivity index (χ3n) is 3.10. The molecule has 106 valence electrons. The molecule has 21 heavy (non-hydrogen) atoms. The molecule has 0 amide bonds. The number of carbonyl (C=O) groups is 1. The monoisotopic (exact) mass is 282 g/mol. The summed E-state index contributed by atoms with van der Waals surface area (Å²) in [4.78, 5) is 16.3. The zero-order chi connectivity index (χ0) is 15.4. The van der Waals surface area contributed by atoms with Crippen LogP contribution in [0, 0.1) is 18.3 Å². The van der Waals surface area contributed by atoms with Gasteiger partial charge in [-0.05, 0) is 12.5 Å². The minimum atomic E-state index is -0.530. The molecule has 0 spiro atoms. The first-order valence-electron chi connectivity index (χ1n) is 6.26. The maximum Gasteiger partial charge on any atom is 0.340 e. The largest absolute Gasteiger partial charge is 0.480 e. The van der Waals surface area contributed by atoms with Gasteiger partial charge in [-0.3, -0.25) is 0 Å². The van der Waals surface area contributed by atoms with Crippen molar-refractivity contribution >= 4 is 5.97 Å². The van der Waals surface area contributed by atoms with Gasteiger partial charge in [0.25, 0.3) is 0 Å². The van der Waals surface area contributed by atoms with E-state index < -0.39 is 5.97 Å². The van der Waals surface area contributed by atoms with Crippen molar-refractivity contribution in [2.45, 2.75) is 6.92 Å². The molecule has 1 heterocycles. The number of rotatable bonds is 3. The summed E-state index contributed by atoms with van der Waals surface area (Å²) in [6, 6.07) is 11.2. The molecule has 0 unspecified atom stereocenters. The van der Waals surface area contributed by atoms with Crippen molar-refractivity contribution in [3.05, 3.63) is 47.2 Å². The number of hydrogen-bond donors (Lipinski definition) is 0. The smallest absolute Gasteiger partial charge is 0.340 e. The molecule has 1 aromatic carbocycles. The van der Waals surface area contributed by atoms with Crippen molar-refractivity contribution in [1.82, 2.24) is 4.98 Å². The number of pyridine rings is 1. The van der Waals surface area contributed by atoms with Crippen LogP contribution in [0.4, 0.5) is 0 Å². The number of ether oxygens (including phenoxy) is 2. The van der Waals surface area contributed by atoms with Crippen molar-refractivity contribution in [1.29, 1.82) is 5.26 Å². The molecule has 5 nitrogen and oxygen atoms in total. The van der Waals surface area contributed by atoms with Crippen molar-refractivity contribution < 1.29 is 14.3 Å². The Hall–Kier alpha value is -2.87. The summed E-state index contributed by atoms with van der Waals surface area (Å²) in [6.45, 7) is 1.68. The van der Waals surface area contributed by atoms with E-state index in [0.29, 0.717) is 11.3 Å². The van der Waals surface area contributed by atoms with Gasteiger partial charge in [0.05, 0.1) is 25.5 Å². The van der Waals surface area contributed by atoms with E-state index in [1.807, 2.05) is 30.3 Å². The molecular formula is C16H14N2O3. The standard InChI is InChI=1S/C16H14N2O3/c1-10-13(16(19)21-3)14(11-7-5-4-6-8-11)12(9-17)15(18-10)20-2/h4-8H,1-3H3. The van der Waals surface area contributed by atoms with Crippen molar-refractivity contribution in [3.63, 3.8) is 0 Å². The fraction of sp³-hybridized carbons (Fsp3) is 0.188.